The molecule has 25 heavy (non-hydrogen) atoms. The minimum Gasteiger partial charge on any atom is -0.332 e. The van der Waals surface area contributed by atoms with Crippen LogP contribution in [0, 0.1) is 12.7 Å². The van der Waals surface area contributed by atoms with Crippen LogP contribution in [0.1, 0.15) is 40.4 Å². The number of hydrogen-bond acceptors (Lipinski definition) is 3. The number of rotatable bonds is 3. The number of halogens is 1. The summed E-state index contributed by atoms with van der Waals surface area (Å²) in [7, 11) is -3.40. The fraction of sp³-hybridized carbons (Fsp3) is 0.316. The molecule has 3 rings (SSSR count). The average Bonchev–Trinajstić information content (AvgIpc) is 3.03. The topological polar surface area (TPSA) is 54.5 Å². The lowest BCUT2D eigenvalue weighted by molar-refractivity contribution is 0.0735. The van der Waals surface area contributed by atoms with E-state index < -0.39 is 9.84 Å². The van der Waals surface area contributed by atoms with Gasteiger partial charge in [0.05, 0.1) is 10.9 Å². The van der Waals surface area contributed by atoms with E-state index in [0.29, 0.717) is 17.7 Å². The van der Waals surface area contributed by atoms with E-state index in [-0.39, 0.29) is 22.7 Å². The summed E-state index contributed by atoms with van der Waals surface area (Å²) in [5, 5.41) is 0. The normalized spacial score (nSPS) is 17.7. The maximum Gasteiger partial charge on any atom is 0.254 e. The van der Waals surface area contributed by atoms with Crippen molar-refractivity contribution in [1.29, 1.82) is 0 Å². The zero-order valence-electron chi connectivity index (χ0n) is 14.2. The van der Waals surface area contributed by atoms with Crippen LogP contribution in [0.3, 0.4) is 0 Å². The van der Waals surface area contributed by atoms with Crippen molar-refractivity contribution in [3.05, 3.63) is 65.0 Å². The highest BCUT2D eigenvalue weighted by atomic mass is 32.2. The summed E-state index contributed by atoms with van der Waals surface area (Å²) in [6.07, 6.45) is 2.73. The molecule has 1 saturated heterocycles. The molecule has 0 spiro atoms. The minimum absolute atomic E-state index is 0.167. The molecular weight excluding hydrogens is 341 g/mol. The van der Waals surface area contributed by atoms with Gasteiger partial charge in [-0.25, -0.2) is 12.8 Å². The molecule has 1 fully saturated rings. The quantitative estimate of drug-likeness (QED) is 0.841. The van der Waals surface area contributed by atoms with Gasteiger partial charge in [-0.05, 0) is 55.2 Å². The zero-order chi connectivity index (χ0) is 18.2. The Labute approximate surface area is 147 Å². The fourth-order valence-electron chi connectivity index (χ4n) is 3.37. The van der Waals surface area contributed by atoms with Crippen LogP contribution in [0.4, 0.5) is 4.39 Å². The van der Waals surface area contributed by atoms with Crippen molar-refractivity contribution in [3.63, 3.8) is 0 Å². The van der Waals surface area contributed by atoms with Crippen LogP contribution in [-0.2, 0) is 9.84 Å². The molecular formula is C19H20FNO3S. The lowest BCUT2D eigenvalue weighted by Gasteiger charge is -2.25. The molecule has 2 aromatic rings. The van der Waals surface area contributed by atoms with Crippen molar-refractivity contribution in [1.82, 2.24) is 4.90 Å². The molecule has 0 saturated carbocycles. The van der Waals surface area contributed by atoms with Gasteiger partial charge in [-0.3, -0.25) is 4.79 Å². The van der Waals surface area contributed by atoms with Gasteiger partial charge in [0, 0.05) is 18.4 Å². The number of carbonyl (C=O) groups is 1. The van der Waals surface area contributed by atoms with Crippen molar-refractivity contribution in [2.75, 3.05) is 12.8 Å². The molecule has 1 atom stereocenters. The van der Waals surface area contributed by atoms with Gasteiger partial charge >= 0.3 is 0 Å². The molecule has 1 aliphatic rings. The standard InChI is InChI=1S/C19H20FNO3S/c1-13-8-9-15(12-18(13)25(2,23)24)19(22)21-10-4-7-17(21)14-5-3-6-16(20)11-14/h3,5-6,8-9,11-12,17H,4,7,10H2,1-2H3/t17-/m0/s1. The summed E-state index contributed by atoms with van der Waals surface area (Å²) >= 11 is 0. The Morgan fingerprint density at radius 1 is 1.20 bits per heavy atom. The van der Waals surface area contributed by atoms with Gasteiger partial charge in [0.2, 0.25) is 0 Å². The van der Waals surface area contributed by atoms with Gasteiger partial charge in [-0.1, -0.05) is 18.2 Å². The number of amides is 1. The number of likely N-dealkylation sites (tertiary alicyclic amines) is 1. The molecule has 1 amide bonds. The first-order chi connectivity index (χ1) is 11.8. The summed E-state index contributed by atoms with van der Waals surface area (Å²) in [6, 6.07) is 10.8. The number of hydrogen-bond donors (Lipinski definition) is 0. The van der Waals surface area contributed by atoms with Crippen LogP contribution in [0.25, 0.3) is 0 Å². The van der Waals surface area contributed by atoms with Crippen molar-refractivity contribution in [2.45, 2.75) is 30.7 Å². The van der Waals surface area contributed by atoms with Gasteiger partial charge in [-0.2, -0.15) is 0 Å². The SMILES string of the molecule is Cc1ccc(C(=O)N2CCC[C@H]2c2cccc(F)c2)cc1S(C)(=O)=O. The first kappa shape index (κ1) is 17.6. The average molecular weight is 361 g/mol. The molecule has 132 valence electrons. The van der Waals surface area contributed by atoms with Gasteiger partial charge in [0.15, 0.2) is 9.84 Å². The highest BCUT2D eigenvalue weighted by Gasteiger charge is 2.31. The van der Waals surface area contributed by atoms with E-state index in [1.54, 1.807) is 30.0 Å². The second kappa shape index (κ2) is 6.59. The number of carbonyl (C=O) groups excluding carboxylic acids is 1. The molecule has 0 unspecified atom stereocenters. The van der Waals surface area contributed by atoms with Gasteiger partial charge in [0.25, 0.3) is 5.91 Å². The monoisotopic (exact) mass is 361 g/mol. The molecule has 1 heterocycles. The van der Waals surface area contributed by atoms with E-state index in [1.807, 2.05) is 6.07 Å². The summed E-state index contributed by atoms with van der Waals surface area (Å²) in [4.78, 5) is 14.8. The molecule has 0 aliphatic carbocycles. The smallest absolute Gasteiger partial charge is 0.254 e. The molecule has 0 N–H and O–H groups in total. The van der Waals surface area contributed by atoms with Gasteiger partial charge in [-0.15, -0.1) is 0 Å². The van der Waals surface area contributed by atoms with E-state index in [4.69, 9.17) is 0 Å². The molecule has 0 aromatic heterocycles. The van der Waals surface area contributed by atoms with E-state index >= 15 is 0 Å². The Bertz CT molecular complexity index is 924. The fourth-order valence-corrected chi connectivity index (χ4v) is 4.36. The summed E-state index contributed by atoms with van der Waals surface area (Å²) in [5.74, 6) is -0.553. The second-order valence-electron chi connectivity index (χ2n) is 6.46. The van der Waals surface area contributed by atoms with Crippen LogP contribution < -0.4 is 0 Å². The molecule has 4 nitrogen and oxygen atoms in total. The summed E-state index contributed by atoms with van der Waals surface area (Å²) in [6.45, 7) is 2.28. The maximum absolute atomic E-state index is 13.5. The van der Waals surface area contributed by atoms with Crippen LogP contribution in [0.2, 0.25) is 0 Å². The van der Waals surface area contributed by atoms with E-state index in [1.165, 1.54) is 18.2 Å². The third-order valence-electron chi connectivity index (χ3n) is 4.58. The summed E-state index contributed by atoms with van der Waals surface area (Å²) in [5.41, 5.74) is 1.72. The predicted octanol–water partition coefficient (Wildman–Crippen LogP) is 3.51. The lowest BCUT2D eigenvalue weighted by atomic mass is 10.0. The van der Waals surface area contributed by atoms with E-state index in [2.05, 4.69) is 0 Å². The number of aryl methyl sites for hydroxylation is 1. The Morgan fingerprint density at radius 3 is 2.64 bits per heavy atom. The first-order valence-corrected chi connectivity index (χ1v) is 10.0. The molecule has 0 radical (unpaired) electrons. The van der Waals surface area contributed by atoms with Crippen LogP contribution in [0.15, 0.2) is 47.4 Å². The number of nitrogens with zero attached hydrogens (tertiary/aromatic N) is 1. The van der Waals surface area contributed by atoms with Crippen LogP contribution in [-0.4, -0.2) is 32.0 Å². The highest BCUT2D eigenvalue weighted by molar-refractivity contribution is 7.90. The Hall–Kier alpha value is -2.21. The van der Waals surface area contributed by atoms with Crippen molar-refractivity contribution in [2.24, 2.45) is 0 Å². The maximum atomic E-state index is 13.5. The third-order valence-corrected chi connectivity index (χ3v) is 5.82. The molecule has 2 aromatic carbocycles. The van der Waals surface area contributed by atoms with Crippen LogP contribution >= 0.6 is 0 Å². The predicted molar refractivity (Wildman–Crippen MR) is 93.7 cm³/mol. The van der Waals surface area contributed by atoms with Crippen molar-refractivity contribution >= 4 is 15.7 Å². The van der Waals surface area contributed by atoms with E-state index in [0.717, 1.165) is 24.7 Å². The molecule has 1 aliphatic heterocycles. The highest BCUT2D eigenvalue weighted by Crippen LogP contribution is 2.33. The van der Waals surface area contributed by atoms with Crippen molar-refractivity contribution in [3.8, 4) is 0 Å². The molecule has 6 heteroatoms. The second-order valence-corrected chi connectivity index (χ2v) is 8.45. The zero-order valence-corrected chi connectivity index (χ0v) is 15.0. The Kier molecular flexibility index (Phi) is 4.64. The van der Waals surface area contributed by atoms with Gasteiger partial charge < -0.3 is 4.90 Å². The number of benzene rings is 2. The Balaban J connectivity index is 1.95. The summed E-state index contributed by atoms with van der Waals surface area (Å²) < 4.78 is 37.3. The van der Waals surface area contributed by atoms with Crippen LogP contribution in [0.5, 0.6) is 0 Å². The third kappa shape index (κ3) is 3.58. The number of sulfone groups is 1. The molecule has 0 bridgehead atoms. The van der Waals surface area contributed by atoms with Gasteiger partial charge in [0.1, 0.15) is 5.82 Å². The first-order valence-electron chi connectivity index (χ1n) is 8.14. The largest absolute Gasteiger partial charge is 0.332 e. The lowest BCUT2D eigenvalue weighted by Crippen LogP contribution is -2.30. The minimum atomic E-state index is -3.40. The van der Waals surface area contributed by atoms with E-state index in [9.17, 15) is 17.6 Å². The Morgan fingerprint density at radius 2 is 1.96 bits per heavy atom. The van der Waals surface area contributed by atoms with Crippen molar-refractivity contribution < 1.29 is 17.6 Å².